The van der Waals surface area contributed by atoms with E-state index in [9.17, 15) is 4.79 Å². The largest absolute Gasteiger partial charge is 0.349 e. The molecular formula is C17H19ClN2O. The molecule has 21 heavy (non-hydrogen) atoms. The van der Waals surface area contributed by atoms with Crippen LogP contribution in [0.3, 0.4) is 0 Å². The standard InChI is InChI=1S/C17H19ClN2O/c1-12(13-6-8-16(18)9-7-13)20-17(21)10-14-4-2-3-5-15(14)11-19/h2-9,12H,10-11,19H2,1H3,(H,20,21). The molecule has 1 amide bonds. The number of nitrogens with one attached hydrogen (secondary N) is 1. The van der Waals surface area contributed by atoms with E-state index in [-0.39, 0.29) is 11.9 Å². The van der Waals surface area contributed by atoms with Crippen LogP contribution in [-0.2, 0) is 17.8 Å². The van der Waals surface area contributed by atoms with Crippen molar-refractivity contribution in [3.63, 3.8) is 0 Å². The molecule has 0 heterocycles. The molecule has 0 radical (unpaired) electrons. The summed E-state index contributed by atoms with van der Waals surface area (Å²) in [6.45, 7) is 2.40. The van der Waals surface area contributed by atoms with Gasteiger partial charge in [-0.05, 0) is 35.7 Å². The number of rotatable bonds is 5. The van der Waals surface area contributed by atoms with Crippen LogP contribution in [0.15, 0.2) is 48.5 Å². The molecule has 2 aromatic carbocycles. The smallest absolute Gasteiger partial charge is 0.224 e. The van der Waals surface area contributed by atoms with Gasteiger partial charge in [-0.1, -0.05) is 48.0 Å². The van der Waals surface area contributed by atoms with Gasteiger partial charge in [0.15, 0.2) is 0 Å². The van der Waals surface area contributed by atoms with Crippen molar-refractivity contribution in [3.8, 4) is 0 Å². The summed E-state index contributed by atoms with van der Waals surface area (Å²) in [6, 6.07) is 15.2. The summed E-state index contributed by atoms with van der Waals surface area (Å²) >= 11 is 5.86. The first-order chi connectivity index (χ1) is 10.1. The third kappa shape index (κ3) is 4.31. The van der Waals surface area contributed by atoms with E-state index in [1.807, 2.05) is 55.5 Å². The average molecular weight is 303 g/mol. The van der Waals surface area contributed by atoms with Gasteiger partial charge >= 0.3 is 0 Å². The van der Waals surface area contributed by atoms with Crippen LogP contribution in [0.4, 0.5) is 0 Å². The van der Waals surface area contributed by atoms with Crippen LogP contribution in [-0.4, -0.2) is 5.91 Å². The van der Waals surface area contributed by atoms with Crippen molar-refractivity contribution >= 4 is 17.5 Å². The summed E-state index contributed by atoms with van der Waals surface area (Å²) < 4.78 is 0. The van der Waals surface area contributed by atoms with E-state index < -0.39 is 0 Å². The number of halogens is 1. The van der Waals surface area contributed by atoms with E-state index in [2.05, 4.69) is 5.32 Å². The second kappa shape index (κ2) is 7.25. The molecule has 0 aromatic heterocycles. The van der Waals surface area contributed by atoms with Crippen molar-refractivity contribution in [3.05, 3.63) is 70.2 Å². The number of nitrogens with two attached hydrogens (primary N) is 1. The Kier molecular flexibility index (Phi) is 5.37. The summed E-state index contributed by atoms with van der Waals surface area (Å²) in [7, 11) is 0. The van der Waals surface area contributed by atoms with Crippen LogP contribution < -0.4 is 11.1 Å². The van der Waals surface area contributed by atoms with Gasteiger partial charge in [0.2, 0.25) is 5.91 Å². The first-order valence-corrected chi connectivity index (χ1v) is 7.29. The van der Waals surface area contributed by atoms with Gasteiger partial charge in [-0.15, -0.1) is 0 Å². The number of carbonyl (C=O) groups excluding carboxylic acids is 1. The van der Waals surface area contributed by atoms with Gasteiger partial charge in [0, 0.05) is 11.6 Å². The van der Waals surface area contributed by atoms with Crippen molar-refractivity contribution in [1.29, 1.82) is 0 Å². The van der Waals surface area contributed by atoms with Crippen LogP contribution >= 0.6 is 11.6 Å². The summed E-state index contributed by atoms with van der Waals surface area (Å²) in [6.07, 6.45) is 0.339. The lowest BCUT2D eigenvalue weighted by Crippen LogP contribution is -2.28. The molecule has 0 aliphatic heterocycles. The highest BCUT2D eigenvalue weighted by atomic mass is 35.5. The van der Waals surface area contributed by atoms with E-state index in [0.29, 0.717) is 18.0 Å². The van der Waals surface area contributed by atoms with Gasteiger partial charge in [-0.2, -0.15) is 0 Å². The minimum absolute atomic E-state index is 0.0154. The Labute approximate surface area is 130 Å². The highest BCUT2D eigenvalue weighted by Crippen LogP contribution is 2.16. The predicted molar refractivity (Wildman–Crippen MR) is 86.0 cm³/mol. The Morgan fingerprint density at radius 3 is 2.38 bits per heavy atom. The van der Waals surface area contributed by atoms with Crippen LogP contribution in [0.5, 0.6) is 0 Å². The molecule has 0 spiro atoms. The van der Waals surface area contributed by atoms with Crippen LogP contribution in [0.1, 0.15) is 29.7 Å². The maximum Gasteiger partial charge on any atom is 0.224 e. The second-order valence-corrected chi connectivity index (χ2v) is 5.43. The van der Waals surface area contributed by atoms with Gasteiger partial charge < -0.3 is 11.1 Å². The highest BCUT2D eigenvalue weighted by molar-refractivity contribution is 6.30. The molecular weight excluding hydrogens is 284 g/mol. The van der Waals surface area contributed by atoms with Crippen LogP contribution in [0.25, 0.3) is 0 Å². The molecule has 110 valence electrons. The first kappa shape index (κ1) is 15.5. The topological polar surface area (TPSA) is 55.1 Å². The Balaban J connectivity index is 1.99. The molecule has 3 nitrogen and oxygen atoms in total. The molecule has 2 aromatic rings. The molecule has 1 atom stereocenters. The number of hydrogen-bond donors (Lipinski definition) is 2. The van der Waals surface area contributed by atoms with E-state index in [1.54, 1.807) is 0 Å². The lowest BCUT2D eigenvalue weighted by Gasteiger charge is -2.15. The SMILES string of the molecule is CC(NC(=O)Cc1ccccc1CN)c1ccc(Cl)cc1. The van der Waals surface area contributed by atoms with E-state index in [0.717, 1.165) is 16.7 Å². The zero-order valence-electron chi connectivity index (χ0n) is 12.0. The molecule has 4 heteroatoms. The minimum atomic E-state index is -0.0557. The zero-order valence-corrected chi connectivity index (χ0v) is 12.7. The summed E-state index contributed by atoms with van der Waals surface area (Å²) in [4.78, 5) is 12.2. The molecule has 0 aliphatic carbocycles. The van der Waals surface area contributed by atoms with Crippen molar-refractivity contribution in [2.45, 2.75) is 25.9 Å². The summed E-state index contributed by atoms with van der Waals surface area (Å²) in [5.41, 5.74) is 8.70. The number of carbonyl (C=O) groups is 1. The summed E-state index contributed by atoms with van der Waals surface area (Å²) in [5, 5.41) is 3.68. The van der Waals surface area contributed by atoms with E-state index >= 15 is 0 Å². The van der Waals surface area contributed by atoms with Crippen molar-refractivity contribution in [2.24, 2.45) is 5.73 Å². The van der Waals surface area contributed by atoms with Gasteiger partial charge in [0.1, 0.15) is 0 Å². The Morgan fingerprint density at radius 2 is 1.76 bits per heavy atom. The molecule has 0 aliphatic rings. The van der Waals surface area contributed by atoms with Crippen molar-refractivity contribution < 1.29 is 4.79 Å². The number of amides is 1. The molecule has 0 saturated heterocycles. The molecule has 3 N–H and O–H groups in total. The van der Waals surface area contributed by atoms with E-state index in [1.165, 1.54) is 0 Å². The molecule has 0 saturated carbocycles. The first-order valence-electron chi connectivity index (χ1n) is 6.92. The Bertz CT molecular complexity index is 610. The minimum Gasteiger partial charge on any atom is -0.349 e. The third-order valence-electron chi connectivity index (χ3n) is 3.44. The maximum absolute atomic E-state index is 12.2. The third-order valence-corrected chi connectivity index (χ3v) is 3.69. The monoisotopic (exact) mass is 302 g/mol. The molecule has 2 rings (SSSR count). The zero-order chi connectivity index (χ0) is 15.2. The lowest BCUT2D eigenvalue weighted by atomic mass is 10.0. The second-order valence-electron chi connectivity index (χ2n) is 4.99. The van der Waals surface area contributed by atoms with Crippen molar-refractivity contribution in [2.75, 3.05) is 0 Å². The molecule has 0 bridgehead atoms. The van der Waals surface area contributed by atoms with Gasteiger partial charge in [-0.3, -0.25) is 4.79 Å². The quantitative estimate of drug-likeness (QED) is 0.891. The van der Waals surface area contributed by atoms with Gasteiger partial charge in [0.05, 0.1) is 12.5 Å². The normalized spacial score (nSPS) is 12.0. The number of benzene rings is 2. The maximum atomic E-state index is 12.2. The fraction of sp³-hybridized carbons (Fsp3) is 0.235. The highest BCUT2D eigenvalue weighted by Gasteiger charge is 2.11. The predicted octanol–water partition coefficient (Wildman–Crippen LogP) is 3.22. The fourth-order valence-corrected chi connectivity index (χ4v) is 2.36. The lowest BCUT2D eigenvalue weighted by molar-refractivity contribution is -0.121. The summed E-state index contributed by atoms with van der Waals surface area (Å²) in [5.74, 6) is -0.0154. The molecule has 0 fully saturated rings. The van der Waals surface area contributed by atoms with Crippen LogP contribution in [0.2, 0.25) is 5.02 Å². The fourth-order valence-electron chi connectivity index (χ4n) is 2.23. The molecule has 1 unspecified atom stereocenters. The Morgan fingerprint density at radius 1 is 1.14 bits per heavy atom. The van der Waals surface area contributed by atoms with Crippen LogP contribution in [0, 0.1) is 0 Å². The van der Waals surface area contributed by atoms with E-state index in [4.69, 9.17) is 17.3 Å². The average Bonchev–Trinajstić information content (AvgIpc) is 2.48. The van der Waals surface area contributed by atoms with Gasteiger partial charge in [0.25, 0.3) is 0 Å². The van der Waals surface area contributed by atoms with Crippen molar-refractivity contribution in [1.82, 2.24) is 5.32 Å². The Hall–Kier alpha value is -1.84. The number of hydrogen-bond acceptors (Lipinski definition) is 2. The van der Waals surface area contributed by atoms with Gasteiger partial charge in [-0.25, -0.2) is 0 Å².